The number of hydrogen-bond donors (Lipinski definition) is 1. The quantitative estimate of drug-likeness (QED) is 0.879. The Hall–Kier alpha value is -0.930. The first-order chi connectivity index (χ1) is 7.72. The number of ether oxygens (including phenoxy) is 2. The van der Waals surface area contributed by atoms with Gasteiger partial charge in [-0.2, -0.15) is 0 Å². The Morgan fingerprint density at radius 2 is 2.06 bits per heavy atom. The summed E-state index contributed by atoms with van der Waals surface area (Å²) in [6.07, 6.45) is 2.52. The molecule has 0 aromatic heterocycles. The third-order valence-corrected chi connectivity index (χ3v) is 3.26. The summed E-state index contributed by atoms with van der Waals surface area (Å²) in [7, 11) is 3.38. The minimum Gasteiger partial charge on any atom is -0.495 e. The highest BCUT2D eigenvalue weighted by atomic mass is 35.5. The van der Waals surface area contributed by atoms with Crippen molar-refractivity contribution >= 4 is 17.3 Å². The molecule has 0 amide bonds. The van der Waals surface area contributed by atoms with Crippen molar-refractivity contribution in [3.05, 3.63) is 23.2 Å². The molecule has 1 aromatic carbocycles. The van der Waals surface area contributed by atoms with Gasteiger partial charge in [0, 0.05) is 24.9 Å². The number of halogens is 1. The highest BCUT2D eigenvalue weighted by molar-refractivity contribution is 6.32. The van der Waals surface area contributed by atoms with E-state index in [-0.39, 0.29) is 0 Å². The van der Waals surface area contributed by atoms with Gasteiger partial charge in [0.25, 0.3) is 0 Å². The molecule has 0 saturated heterocycles. The summed E-state index contributed by atoms with van der Waals surface area (Å²) >= 11 is 5.95. The zero-order valence-electron chi connectivity index (χ0n) is 9.50. The fraction of sp³-hybridized carbons (Fsp3) is 0.500. The van der Waals surface area contributed by atoms with E-state index in [1.54, 1.807) is 14.2 Å². The summed E-state index contributed by atoms with van der Waals surface area (Å²) < 4.78 is 10.4. The lowest BCUT2D eigenvalue weighted by Crippen LogP contribution is -2.40. The highest BCUT2D eigenvalue weighted by Crippen LogP contribution is 2.31. The van der Waals surface area contributed by atoms with Gasteiger partial charge in [0.05, 0.1) is 18.2 Å². The smallest absolute Gasteiger partial charge is 0.139 e. The van der Waals surface area contributed by atoms with Crippen LogP contribution >= 0.6 is 11.6 Å². The van der Waals surface area contributed by atoms with E-state index in [0.29, 0.717) is 22.9 Å². The van der Waals surface area contributed by atoms with Crippen molar-refractivity contribution in [1.82, 2.24) is 0 Å². The first kappa shape index (κ1) is 11.6. The molecule has 0 aliphatic heterocycles. The Bertz CT molecular complexity index is 364. The monoisotopic (exact) mass is 241 g/mol. The van der Waals surface area contributed by atoms with Gasteiger partial charge < -0.3 is 14.8 Å². The minimum atomic E-state index is 0.409. The normalized spacial score (nSPS) is 23.7. The summed E-state index contributed by atoms with van der Waals surface area (Å²) in [5.74, 6) is 0.703. The lowest BCUT2D eigenvalue weighted by Gasteiger charge is -2.35. The van der Waals surface area contributed by atoms with Crippen molar-refractivity contribution in [3.8, 4) is 5.75 Å². The van der Waals surface area contributed by atoms with Crippen LogP contribution in [0.5, 0.6) is 5.75 Å². The van der Waals surface area contributed by atoms with Crippen LogP contribution in [0.3, 0.4) is 0 Å². The fourth-order valence-corrected chi connectivity index (χ4v) is 2.06. The molecule has 1 N–H and O–H groups in total. The van der Waals surface area contributed by atoms with E-state index >= 15 is 0 Å². The average molecular weight is 242 g/mol. The van der Waals surface area contributed by atoms with Crippen molar-refractivity contribution in [3.63, 3.8) is 0 Å². The van der Waals surface area contributed by atoms with Gasteiger partial charge in [-0.15, -0.1) is 0 Å². The van der Waals surface area contributed by atoms with Crippen LogP contribution in [0.1, 0.15) is 12.8 Å². The Labute approximate surface area is 101 Å². The molecule has 0 unspecified atom stereocenters. The summed E-state index contributed by atoms with van der Waals surface area (Å²) in [6, 6.07) is 6.22. The molecule has 1 aliphatic rings. The van der Waals surface area contributed by atoms with Crippen LogP contribution < -0.4 is 10.1 Å². The minimum absolute atomic E-state index is 0.409. The molecule has 1 aliphatic carbocycles. The zero-order chi connectivity index (χ0) is 11.5. The van der Waals surface area contributed by atoms with Crippen LogP contribution in [0, 0.1) is 0 Å². The second kappa shape index (κ2) is 4.93. The van der Waals surface area contributed by atoms with Crippen molar-refractivity contribution in [2.45, 2.75) is 25.0 Å². The highest BCUT2D eigenvalue weighted by Gasteiger charge is 2.28. The van der Waals surface area contributed by atoms with Gasteiger partial charge in [0.15, 0.2) is 0 Å². The lowest BCUT2D eigenvalue weighted by molar-refractivity contribution is 0.0329. The van der Waals surface area contributed by atoms with Crippen LogP contribution in [0.15, 0.2) is 18.2 Å². The second-order valence-corrected chi connectivity index (χ2v) is 4.43. The molecule has 1 fully saturated rings. The number of rotatable bonds is 4. The Morgan fingerprint density at radius 1 is 1.31 bits per heavy atom. The van der Waals surface area contributed by atoms with E-state index < -0.39 is 0 Å². The SMILES string of the molecule is COc1cc(NC2CC(OC)C2)ccc1Cl. The summed E-state index contributed by atoms with van der Waals surface area (Å²) in [4.78, 5) is 0. The molecule has 0 spiro atoms. The lowest BCUT2D eigenvalue weighted by atomic mass is 9.89. The number of benzene rings is 1. The van der Waals surface area contributed by atoms with Crippen LogP contribution in [0.4, 0.5) is 5.69 Å². The van der Waals surface area contributed by atoms with Gasteiger partial charge in [0.2, 0.25) is 0 Å². The molecule has 88 valence electrons. The molecule has 4 heteroatoms. The summed E-state index contributed by atoms with van der Waals surface area (Å²) in [5, 5.41) is 4.06. The van der Waals surface area contributed by atoms with Gasteiger partial charge in [-0.3, -0.25) is 0 Å². The molecule has 1 saturated carbocycles. The van der Waals surface area contributed by atoms with E-state index in [9.17, 15) is 0 Å². The van der Waals surface area contributed by atoms with Gasteiger partial charge >= 0.3 is 0 Å². The molecule has 0 atom stereocenters. The van der Waals surface area contributed by atoms with Gasteiger partial charge in [-0.25, -0.2) is 0 Å². The van der Waals surface area contributed by atoms with E-state index in [1.807, 2.05) is 18.2 Å². The van der Waals surface area contributed by atoms with Crippen LogP contribution in [-0.4, -0.2) is 26.4 Å². The topological polar surface area (TPSA) is 30.5 Å². The third-order valence-electron chi connectivity index (χ3n) is 2.95. The van der Waals surface area contributed by atoms with Crippen LogP contribution in [-0.2, 0) is 4.74 Å². The predicted octanol–water partition coefficient (Wildman–Crippen LogP) is 2.94. The standard InChI is InChI=1S/C12H16ClNO2/c1-15-10-5-9(6-10)14-8-3-4-11(13)12(7-8)16-2/h3-4,7,9-10,14H,5-6H2,1-2H3. The zero-order valence-corrected chi connectivity index (χ0v) is 10.3. The van der Waals surface area contributed by atoms with Crippen molar-refractivity contribution in [2.24, 2.45) is 0 Å². The van der Waals surface area contributed by atoms with E-state index in [0.717, 1.165) is 18.5 Å². The van der Waals surface area contributed by atoms with E-state index in [1.165, 1.54) is 0 Å². The van der Waals surface area contributed by atoms with E-state index in [2.05, 4.69) is 5.32 Å². The molecule has 1 aromatic rings. The van der Waals surface area contributed by atoms with Crippen LogP contribution in [0.25, 0.3) is 0 Å². The van der Waals surface area contributed by atoms with Gasteiger partial charge in [-0.05, 0) is 25.0 Å². The predicted molar refractivity (Wildman–Crippen MR) is 65.4 cm³/mol. The summed E-state index contributed by atoms with van der Waals surface area (Å²) in [5.41, 5.74) is 1.04. The largest absolute Gasteiger partial charge is 0.495 e. The maximum Gasteiger partial charge on any atom is 0.139 e. The molecule has 2 rings (SSSR count). The summed E-state index contributed by atoms with van der Waals surface area (Å²) in [6.45, 7) is 0. The first-order valence-corrected chi connectivity index (χ1v) is 5.73. The molecular formula is C12H16ClNO2. The molecule has 3 nitrogen and oxygen atoms in total. The first-order valence-electron chi connectivity index (χ1n) is 5.36. The number of methoxy groups -OCH3 is 2. The van der Waals surface area contributed by atoms with Gasteiger partial charge in [0.1, 0.15) is 5.75 Å². The number of hydrogen-bond acceptors (Lipinski definition) is 3. The maximum atomic E-state index is 5.95. The molecule has 16 heavy (non-hydrogen) atoms. The fourth-order valence-electron chi connectivity index (χ4n) is 1.86. The van der Waals surface area contributed by atoms with Gasteiger partial charge in [-0.1, -0.05) is 11.6 Å². The molecular weight excluding hydrogens is 226 g/mol. The van der Waals surface area contributed by atoms with Crippen LogP contribution in [0.2, 0.25) is 5.02 Å². The number of nitrogens with one attached hydrogen (secondary N) is 1. The Morgan fingerprint density at radius 3 is 2.69 bits per heavy atom. The van der Waals surface area contributed by atoms with Crippen molar-refractivity contribution in [2.75, 3.05) is 19.5 Å². The maximum absolute atomic E-state index is 5.95. The van der Waals surface area contributed by atoms with Crippen molar-refractivity contribution in [1.29, 1.82) is 0 Å². The molecule has 0 heterocycles. The molecule has 0 radical (unpaired) electrons. The Kier molecular flexibility index (Phi) is 3.56. The van der Waals surface area contributed by atoms with E-state index in [4.69, 9.17) is 21.1 Å². The Balaban J connectivity index is 1.95. The number of anilines is 1. The average Bonchev–Trinajstić information content (AvgIpc) is 2.25. The second-order valence-electron chi connectivity index (χ2n) is 4.02. The van der Waals surface area contributed by atoms with Crippen molar-refractivity contribution < 1.29 is 9.47 Å². The third kappa shape index (κ3) is 2.42. The molecule has 0 bridgehead atoms.